The number of rotatable bonds is 4. The molecular formula is C22H28N2O2. The van der Waals surface area contributed by atoms with Gasteiger partial charge in [0, 0.05) is 19.1 Å². The maximum absolute atomic E-state index is 6.26. The monoisotopic (exact) mass is 352 g/mol. The number of benzene rings is 2. The first kappa shape index (κ1) is 17.5. The Morgan fingerprint density at radius 3 is 2.58 bits per heavy atom. The molecule has 2 fully saturated rings. The molecule has 0 radical (unpaired) electrons. The van der Waals surface area contributed by atoms with Gasteiger partial charge in [0.1, 0.15) is 12.5 Å². The van der Waals surface area contributed by atoms with Gasteiger partial charge in [0.25, 0.3) is 0 Å². The van der Waals surface area contributed by atoms with E-state index in [1.807, 2.05) is 0 Å². The zero-order chi connectivity index (χ0) is 17.8. The molecule has 138 valence electrons. The average Bonchev–Trinajstić information content (AvgIpc) is 2.94. The Bertz CT molecular complexity index is 689. The Kier molecular flexibility index (Phi) is 5.54. The number of hydroxylamine groups is 2. The number of methoxy groups -OCH3 is 1. The van der Waals surface area contributed by atoms with Gasteiger partial charge in [0.15, 0.2) is 0 Å². The maximum atomic E-state index is 6.26. The number of hydrogen-bond donors (Lipinski definition) is 0. The second kappa shape index (κ2) is 8.21. The topological polar surface area (TPSA) is 24.9 Å². The van der Waals surface area contributed by atoms with Crippen molar-refractivity contribution in [3.8, 4) is 5.75 Å². The lowest BCUT2D eigenvalue weighted by Gasteiger charge is -2.46. The highest BCUT2D eigenvalue weighted by molar-refractivity contribution is 5.30. The Balaban J connectivity index is 1.64. The van der Waals surface area contributed by atoms with Gasteiger partial charge in [-0.05, 0) is 36.1 Å². The van der Waals surface area contributed by atoms with Crippen LogP contribution >= 0.6 is 0 Å². The van der Waals surface area contributed by atoms with Gasteiger partial charge in [-0.2, -0.15) is 5.06 Å². The summed E-state index contributed by atoms with van der Waals surface area (Å²) in [5, 5.41) is 2.20. The molecule has 0 spiro atoms. The van der Waals surface area contributed by atoms with E-state index < -0.39 is 0 Å². The quantitative estimate of drug-likeness (QED) is 0.815. The van der Waals surface area contributed by atoms with E-state index in [2.05, 4.69) is 64.6 Å². The van der Waals surface area contributed by atoms with Crippen molar-refractivity contribution in [1.82, 2.24) is 9.96 Å². The minimum absolute atomic E-state index is 0.243. The summed E-state index contributed by atoms with van der Waals surface area (Å²) in [5.41, 5.74) is 2.59. The molecule has 0 aromatic heterocycles. The van der Waals surface area contributed by atoms with Crippen LogP contribution < -0.4 is 4.74 Å². The first-order valence-electron chi connectivity index (χ1n) is 9.66. The molecule has 0 saturated carbocycles. The molecule has 2 aliphatic rings. The Morgan fingerprint density at radius 1 is 1.00 bits per heavy atom. The number of ether oxygens (including phenoxy) is 1. The minimum atomic E-state index is 0.243. The molecule has 0 amide bonds. The normalized spacial score (nSPS) is 24.7. The first-order chi connectivity index (χ1) is 12.8. The van der Waals surface area contributed by atoms with Crippen molar-refractivity contribution in [1.29, 1.82) is 0 Å². The Hall–Kier alpha value is -1.88. The largest absolute Gasteiger partial charge is 0.497 e. The van der Waals surface area contributed by atoms with Gasteiger partial charge < -0.3 is 4.74 Å². The number of nitrogens with zero attached hydrogens (tertiary/aromatic N) is 2. The van der Waals surface area contributed by atoms with Crippen LogP contribution in [0.25, 0.3) is 0 Å². The molecule has 2 saturated heterocycles. The van der Waals surface area contributed by atoms with Crippen LogP contribution in [0.5, 0.6) is 5.75 Å². The van der Waals surface area contributed by atoms with E-state index in [0.717, 1.165) is 18.8 Å². The van der Waals surface area contributed by atoms with E-state index >= 15 is 0 Å². The summed E-state index contributed by atoms with van der Waals surface area (Å²) in [5.74, 6) is 0.901. The fourth-order valence-electron chi connectivity index (χ4n) is 4.23. The van der Waals surface area contributed by atoms with Crippen LogP contribution in [0, 0.1) is 0 Å². The highest BCUT2D eigenvalue weighted by atomic mass is 16.7. The molecule has 4 nitrogen and oxygen atoms in total. The van der Waals surface area contributed by atoms with Gasteiger partial charge in [-0.1, -0.05) is 55.3 Å². The molecule has 2 aromatic carbocycles. The fraction of sp³-hybridized carbons (Fsp3) is 0.455. The van der Waals surface area contributed by atoms with E-state index in [4.69, 9.17) is 9.57 Å². The third-order valence-electron chi connectivity index (χ3n) is 5.62. The Labute approximate surface area is 156 Å². The van der Waals surface area contributed by atoms with Crippen molar-refractivity contribution in [2.75, 3.05) is 20.4 Å². The standard InChI is InChI=1S/C22H28N2O2/c1-25-20-13-11-19(12-14-20)22-21-10-6-3-7-15-23(21)17-26-24(22)16-18-8-4-2-5-9-18/h2,4-5,8-9,11-14,21-22H,3,6-7,10,15-17H2,1H3. The van der Waals surface area contributed by atoms with Gasteiger partial charge in [-0.25, -0.2) is 0 Å². The van der Waals surface area contributed by atoms with Gasteiger partial charge in [0.2, 0.25) is 0 Å². The highest BCUT2D eigenvalue weighted by Gasteiger charge is 2.38. The van der Waals surface area contributed by atoms with Crippen molar-refractivity contribution in [3.63, 3.8) is 0 Å². The van der Waals surface area contributed by atoms with E-state index in [-0.39, 0.29) is 6.04 Å². The smallest absolute Gasteiger partial charge is 0.121 e. The van der Waals surface area contributed by atoms with Crippen LogP contribution in [0.15, 0.2) is 54.6 Å². The van der Waals surface area contributed by atoms with E-state index in [1.165, 1.54) is 36.8 Å². The SMILES string of the molecule is COc1ccc(C2C3CCCCCN3CON2Cc2ccccc2)cc1. The third-order valence-corrected chi connectivity index (χ3v) is 5.62. The molecule has 26 heavy (non-hydrogen) atoms. The predicted octanol–water partition coefficient (Wildman–Crippen LogP) is 4.39. The van der Waals surface area contributed by atoms with Gasteiger partial charge in [-0.15, -0.1) is 0 Å². The summed E-state index contributed by atoms with van der Waals surface area (Å²) >= 11 is 0. The maximum Gasteiger partial charge on any atom is 0.121 e. The van der Waals surface area contributed by atoms with E-state index in [0.29, 0.717) is 12.8 Å². The predicted molar refractivity (Wildman–Crippen MR) is 103 cm³/mol. The molecule has 0 aliphatic carbocycles. The molecular weight excluding hydrogens is 324 g/mol. The second-order valence-electron chi connectivity index (χ2n) is 7.27. The summed E-state index contributed by atoms with van der Waals surface area (Å²) in [4.78, 5) is 8.79. The molecule has 4 rings (SSSR count). The summed E-state index contributed by atoms with van der Waals surface area (Å²) in [6, 6.07) is 19.9. The van der Waals surface area contributed by atoms with Gasteiger partial charge in [-0.3, -0.25) is 9.74 Å². The van der Waals surface area contributed by atoms with Crippen LogP contribution in [0.1, 0.15) is 42.9 Å². The van der Waals surface area contributed by atoms with Crippen LogP contribution in [0.4, 0.5) is 0 Å². The lowest BCUT2D eigenvalue weighted by molar-refractivity contribution is -0.277. The minimum Gasteiger partial charge on any atom is -0.497 e. The molecule has 2 atom stereocenters. The lowest BCUT2D eigenvalue weighted by atomic mass is 9.93. The van der Waals surface area contributed by atoms with Crippen LogP contribution in [0.3, 0.4) is 0 Å². The highest BCUT2D eigenvalue weighted by Crippen LogP contribution is 2.37. The van der Waals surface area contributed by atoms with E-state index in [1.54, 1.807) is 7.11 Å². The molecule has 2 aromatic rings. The summed E-state index contributed by atoms with van der Waals surface area (Å²) in [7, 11) is 1.72. The summed E-state index contributed by atoms with van der Waals surface area (Å²) < 4.78 is 5.35. The summed E-state index contributed by atoms with van der Waals surface area (Å²) in [6.07, 6.45) is 5.12. The van der Waals surface area contributed by atoms with Crippen molar-refractivity contribution >= 4 is 0 Å². The lowest BCUT2D eigenvalue weighted by Crippen LogP contribution is -2.53. The van der Waals surface area contributed by atoms with E-state index in [9.17, 15) is 0 Å². The molecule has 0 bridgehead atoms. The molecule has 2 unspecified atom stereocenters. The van der Waals surface area contributed by atoms with Gasteiger partial charge in [0.05, 0.1) is 13.2 Å². The van der Waals surface area contributed by atoms with Crippen molar-refractivity contribution in [2.24, 2.45) is 0 Å². The van der Waals surface area contributed by atoms with Crippen molar-refractivity contribution < 1.29 is 9.57 Å². The van der Waals surface area contributed by atoms with Crippen molar-refractivity contribution in [3.05, 3.63) is 65.7 Å². The number of hydrogen-bond acceptors (Lipinski definition) is 4. The van der Waals surface area contributed by atoms with Crippen LogP contribution in [-0.2, 0) is 11.4 Å². The first-order valence-corrected chi connectivity index (χ1v) is 9.66. The summed E-state index contributed by atoms with van der Waals surface area (Å²) in [6.45, 7) is 2.64. The Morgan fingerprint density at radius 2 is 1.81 bits per heavy atom. The zero-order valence-corrected chi connectivity index (χ0v) is 15.5. The number of fused-ring (bicyclic) bond motifs is 1. The second-order valence-corrected chi connectivity index (χ2v) is 7.27. The van der Waals surface area contributed by atoms with Crippen molar-refractivity contribution in [2.45, 2.75) is 44.3 Å². The fourth-order valence-corrected chi connectivity index (χ4v) is 4.23. The van der Waals surface area contributed by atoms with Crippen LogP contribution in [0.2, 0.25) is 0 Å². The average molecular weight is 352 g/mol. The van der Waals surface area contributed by atoms with Gasteiger partial charge >= 0.3 is 0 Å². The molecule has 2 aliphatic heterocycles. The zero-order valence-electron chi connectivity index (χ0n) is 15.5. The molecule has 2 heterocycles. The molecule has 0 N–H and O–H groups in total. The third kappa shape index (κ3) is 3.78. The molecule has 4 heteroatoms. The van der Waals surface area contributed by atoms with Crippen LogP contribution in [-0.4, -0.2) is 36.4 Å².